The van der Waals surface area contributed by atoms with Crippen LogP contribution >= 0.6 is 22.7 Å². The Kier molecular flexibility index (Phi) is 8.15. The summed E-state index contributed by atoms with van der Waals surface area (Å²) in [6.07, 6.45) is 15.1. The summed E-state index contributed by atoms with van der Waals surface area (Å²) in [5.41, 5.74) is 8.30. The van der Waals surface area contributed by atoms with E-state index in [1.54, 1.807) is 0 Å². The largest absolute Gasteiger partial charge is 0.217 e. The third-order valence-electron chi connectivity index (χ3n) is 11.2. The van der Waals surface area contributed by atoms with Gasteiger partial charge in [-0.05, 0) is 81.1 Å². The van der Waals surface area contributed by atoms with Crippen molar-refractivity contribution in [3.8, 4) is 44.8 Å². The number of nitrogens with zero attached hydrogens (tertiary/aromatic N) is 3. The highest BCUT2D eigenvalue weighted by atomic mass is 32.1. The maximum atomic E-state index is 5.24. The second-order valence-electron chi connectivity index (χ2n) is 14.6. The van der Waals surface area contributed by atoms with Crippen LogP contribution in [0.5, 0.6) is 0 Å². The molecule has 0 aliphatic heterocycles. The number of allylic oxidation sites excluding steroid dienone is 4. The predicted octanol–water partition coefficient (Wildman–Crippen LogP) is 12.5. The number of benzene rings is 6. The summed E-state index contributed by atoms with van der Waals surface area (Å²) in [6, 6.07) is 50.5. The van der Waals surface area contributed by atoms with Gasteiger partial charge in [-0.15, -0.1) is 22.7 Å². The molecule has 11 rings (SSSR count). The molecule has 3 aromatic heterocycles. The molecular formula is C51H35N3S2. The highest BCUT2D eigenvalue weighted by Crippen LogP contribution is 2.42. The highest BCUT2D eigenvalue weighted by molar-refractivity contribution is 7.26. The standard InChI is InChI=1S/C51H35N3S2/c1-3-11-32(12-4-1)33-21-23-34(24-22-33)36-25-27-47-44(30-36)42-19-10-18-40(48(42)56-47)37-15-9-16-38(29-37)50-52-49(35-13-5-2-6-14-35)53-51(54-50)39-26-28-46-43(31-39)41-17-7-8-20-45(41)55-46/h1-13,15-25,27-31,35,39H,14,26H2. The highest BCUT2D eigenvalue weighted by Gasteiger charge is 2.22. The van der Waals surface area contributed by atoms with Gasteiger partial charge < -0.3 is 0 Å². The van der Waals surface area contributed by atoms with E-state index in [-0.39, 0.29) is 11.8 Å². The monoisotopic (exact) mass is 753 g/mol. The van der Waals surface area contributed by atoms with Crippen LogP contribution < -0.4 is 9.75 Å². The normalized spacial score (nSPS) is 16.2. The fraction of sp³-hybridized carbons (Fsp3) is 0.0784. The molecule has 2 atom stereocenters. The lowest BCUT2D eigenvalue weighted by Crippen LogP contribution is -2.25. The van der Waals surface area contributed by atoms with Crippen LogP contribution in [0.15, 0.2) is 164 Å². The number of hydrogen-bond acceptors (Lipinski definition) is 5. The van der Waals surface area contributed by atoms with E-state index in [1.165, 1.54) is 67.8 Å². The topological polar surface area (TPSA) is 38.7 Å². The first-order valence-corrected chi connectivity index (χ1v) is 20.9. The minimum atomic E-state index is 0.0753. The van der Waals surface area contributed by atoms with Crippen molar-refractivity contribution in [1.82, 2.24) is 15.0 Å². The summed E-state index contributed by atoms with van der Waals surface area (Å²) in [6.45, 7) is 0. The van der Waals surface area contributed by atoms with Gasteiger partial charge in [-0.2, -0.15) is 0 Å². The lowest BCUT2D eigenvalue weighted by molar-refractivity contribution is 0.716. The zero-order valence-corrected chi connectivity index (χ0v) is 32.1. The Morgan fingerprint density at radius 2 is 1.18 bits per heavy atom. The van der Waals surface area contributed by atoms with Gasteiger partial charge in [0, 0.05) is 46.8 Å². The van der Waals surface area contributed by atoms with Crippen LogP contribution in [0.2, 0.25) is 0 Å². The molecule has 0 saturated heterocycles. The molecule has 0 fully saturated rings. The van der Waals surface area contributed by atoms with E-state index in [9.17, 15) is 0 Å². The summed E-state index contributed by atoms with van der Waals surface area (Å²) in [7, 11) is 0. The van der Waals surface area contributed by atoms with Gasteiger partial charge in [-0.1, -0.05) is 152 Å². The zero-order chi connectivity index (χ0) is 37.0. The molecule has 0 saturated carbocycles. The Balaban J connectivity index is 0.975. The molecule has 2 aliphatic rings. The molecule has 0 amide bonds. The fourth-order valence-corrected chi connectivity index (χ4v) is 10.6. The Labute approximate surface area is 333 Å². The Morgan fingerprint density at radius 1 is 0.482 bits per heavy atom. The lowest BCUT2D eigenvalue weighted by atomic mass is 9.96. The minimum absolute atomic E-state index is 0.0753. The van der Waals surface area contributed by atoms with Gasteiger partial charge in [0.15, 0.2) is 5.82 Å². The molecule has 0 N–H and O–H groups in total. The van der Waals surface area contributed by atoms with Gasteiger partial charge in [0.2, 0.25) is 0 Å². The van der Waals surface area contributed by atoms with E-state index in [0.717, 1.165) is 41.4 Å². The second-order valence-corrected chi connectivity index (χ2v) is 16.8. The van der Waals surface area contributed by atoms with E-state index >= 15 is 0 Å². The molecule has 266 valence electrons. The smallest absolute Gasteiger partial charge is 0.163 e. The third-order valence-corrected chi connectivity index (χ3v) is 13.6. The molecule has 0 spiro atoms. The average Bonchev–Trinajstić information content (AvgIpc) is 3.85. The van der Waals surface area contributed by atoms with E-state index in [4.69, 9.17) is 15.0 Å². The van der Waals surface area contributed by atoms with Crippen molar-refractivity contribution < 1.29 is 0 Å². The summed E-state index contributed by atoms with van der Waals surface area (Å²) < 4.78 is 5.24. The first-order chi connectivity index (χ1) is 27.7. The molecule has 2 aliphatic carbocycles. The van der Waals surface area contributed by atoms with Crippen LogP contribution in [0, 0.1) is 0 Å². The summed E-state index contributed by atoms with van der Waals surface area (Å²) in [5, 5.41) is 5.18. The van der Waals surface area contributed by atoms with Crippen molar-refractivity contribution in [3.05, 3.63) is 185 Å². The van der Waals surface area contributed by atoms with Crippen LogP contribution in [0.25, 0.3) is 87.2 Å². The molecular weight excluding hydrogens is 719 g/mol. The number of aromatic nitrogens is 3. The maximum Gasteiger partial charge on any atom is 0.163 e. The first-order valence-electron chi connectivity index (χ1n) is 19.2. The van der Waals surface area contributed by atoms with Crippen molar-refractivity contribution >= 4 is 65.1 Å². The van der Waals surface area contributed by atoms with Crippen LogP contribution in [0.4, 0.5) is 0 Å². The number of hydrogen-bond donors (Lipinski definition) is 0. The molecule has 6 aromatic carbocycles. The third kappa shape index (κ3) is 5.92. The quantitative estimate of drug-likeness (QED) is 0.170. The van der Waals surface area contributed by atoms with Crippen LogP contribution in [0.1, 0.15) is 36.3 Å². The van der Waals surface area contributed by atoms with E-state index in [0.29, 0.717) is 0 Å². The molecule has 3 nitrogen and oxygen atoms in total. The van der Waals surface area contributed by atoms with Crippen molar-refractivity contribution in [1.29, 1.82) is 0 Å². The maximum absolute atomic E-state index is 5.24. The molecule has 0 bridgehead atoms. The molecule has 56 heavy (non-hydrogen) atoms. The lowest BCUT2D eigenvalue weighted by Gasteiger charge is -2.18. The SMILES string of the molecule is C1=CCC(c2nc(-c3cccc(-c4cccc5c4sc4ccc(-c6ccc(-c7ccccc7)cc6)cc45)c3)nc(C3C=c4c(sc5ccccc45)=CC3)n2)C=C1. The summed E-state index contributed by atoms with van der Waals surface area (Å²) >= 11 is 3.73. The van der Waals surface area contributed by atoms with Crippen molar-refractivity contribution in [2.24, 2.45) is 0 Å². The molecule has 2 unspecified atom stereocenters. The van der Waals surface area contributed by atoms with Gasteiger partial charge in [0.25, 0.3) is 0 Å². The Bertz CT molecular complexity index is 3150. The predicted molar refractivity (Wildman–Crippen MR) is 237 cm³/mol. The van der Waals surface area contributed by atoms with Gasteiger partial charge in [-0.25, -0.2) is 15.0 Å². The van der Waals surface area contributed by atoms with Gasteiger partial charge >= 0.3 is 0 Å². The molecule has 5 heteroatoms. The van der Waals surface area contributed by atoms with Gasteiger partial charge in [0.05, 0.1) is 0 Å². The number of thiophene rings is 2. The van der Waals surface area contributed by atoms with Gasteiger partial charge in [-0.3, -0.25) is 0 Å². The van der Waals surface area contributed by atoms with Crippen molar-refractivity contribution in [2.75, 3.05) is 0 Å². The fourth-order valence-electron chi connectivity index (χ4n) is 8.25. The van der Waals surface area contributed by atoms with Crippen LogP contribution in [0.3, 0.4) is 0 Å². The second kappa shape index (κ2) is 13.8. The molecule has 9 aromatic rings. The van der Waals surface area contributed by atoms with E-state index < -0.39 is 0 Å². The van der Waals surface area contributed by atoms with Crippen LogP contribution in [-0.4, -0.2) is 15.0 Å². The van der Waals surface area contributed by atoms with Crippen molar-refractivity contribution in [3.63, 3.8) is 0 Å². The van der Waals surface area contributed by atoms with E-state index in [1.807, 2.05) is 22.7 Å². The van der Waals surface area contributed by atoms with Crippen molar-refractivity contribution in [2.45, 2.75) is 24.7 Å². The average molecular weight is 754 g/mol. The zero-order valence-electron chi connectivity index (χ0n) is 30.5. The van der Waals surface area contributed by atoms with Crippen LogP contribution in [-0.2, 0) is 0 Å². The Hall–Kier alpha value is -6.27. The van der Waals surface area contributed by atoms with E-state index in [2.05, 4.69) is 176 Å². The number of rotatable bonds is 6. The summed E-state index contributed by atoms with van der Waals surface area (Å²) in [4.78, 5) is 15.6. The Morgan fingerprint density at radius 3 is 2.04 bits per heavy atom. The molecule has 3 heterocycles. The summed E-state index contributed by atoms with van der Waals surface area (Å²) in [5.74, 6) is 2.60. The first kappa shape index (κ1) is 33.1. The molecule has 0 radical (unpaired) electrons. The van der Waals surface area contributed by atoms with Gasteiger partial charge in [0.1, 0.15) is 11.6 Å². The number of fused-ring (bicyclic) bond motifs is 6. The minimum Gasteiger partial charge on any atom is -0.217 e.